The Kier molecular flexibility index (Phi) is 6.97. The van der Waals surface area contributed by atoms with Crippen molar-refractivity contribution in [2.45, 2.75) is 0 Å². The van der Waals surface area contributed by atoms with Crippen LogP contribution in [0.2, 0.25) is 0 Å². The van der Waals surface area contributed by atoms with Gasteiger partial charge in [0.05, 0.1) is 0 Å². The predicted octanol–water partition coefficient (Wildman–Crippen LogP) is 15.5. The van der Waals surface area contributed by atoms with Gasteiger partial charge in [0.1, 0.15) is 0 Å². The summed E-state index contributed by atoms with van der Waals surface area (Å²) in [4.78, 5) is 2.39. The van der Waals surface area contributed by atoms with Crippen molar-refractivity contribution in [3.8, 4) is 22.3 Å². The molecule has 0 atom stereocenters. The lowest BCUT2D eigenvalue weighted by Crippen LogP contribution is -2.09. The van der Waals surface area contributed by atoms with Crippen molar-refractivity contribution >= 4 is 102 Å². The minimum absolute atomic E-state index is 1.13. The van der Waals surface area contributed by atoms with Crippen molar-refractivity contribution in [3.05, 3.63) is 188 Å². The van der Waals surface area contributed by atoms with Crippen LogP contribution in [-0.4, -0.2) is 0 Å². The number of fused-ring (bicyclic) bond motifs is 8. The number of rotatable bonds is 5. The van der Waals surface area contributed by atoms with Gasteiger partial charge in [-0.2, -0.15) is 0 Å². The van der Waals surface area contributed by atoms with Gasteiger partial charge in [0, 0.05) is 57.4 Å². The SMILES string of the molecule is c1ccc2cc3c(cc2c1)sc1ccc(-c2ccc(N(c4ccc(-c5cccc6ccccc56)cc4)c4ccc5c(c4)sc4ccccc45)cc2)cc13. The van der Waals surface area contributed by atoms with Crippen molar-refractivity contribution in [1.82, 2.24) is 0 Å². The maximum Gasteiger partial charge on any atom is 0.0476 e. The number of hydrogen-bond donors (Lipinski definition) is 0. The molecular weight excluding hydrogens is 679 g/mol. The van der Waals surface area contributed by atoms with Crippen molar-refractivity contribution < 1.29 is 0 Å². The fourth-order valence-electron chi connectivity index (χ4n) is 8.01. The third kappa shape index (κ3) is 5.12. The zero-order chi connectivity index (χ0) is 34.9. The molecule has 0 amide bonds. The Morgan fingerprint density at radius 3 is 1.62 bits per heavy atom. The topological polar surface area (TPSA) is 3.24 Å². The summed E-state index contributed by atoms with van der Waals surface area (Å²) in [6, 6.07) is 69.2. The molecule has 0 saturated carbocycles. The molecule has 0 spiro atoms. The molecule has 0 radical (unpaired) electrons. The van der Waals surface area contributed by atoms with E-state index in [4.69, 9.17) is 0 Å². The molecular formula is C50H31NS2. The second-order valence-corrected chi connectivity index (χ2v) is 15.9. The van der Waals surface area contributed by atoms with Crippen LogP contribution in [-0.2, 0) is 0 Å². The second kappa shape index (κ2) is 12.2. The minimum atomic E-state index is 1.13. The van der Waals surface area contributed by atoms with Crippen molar-refractivity contribution in [3.63, 3.8) is 0 Å². The van der Waals surface area contributed by atoms with E-state index in [1.165, 1.54) is 84.1 Å². The standard InChI is InChI=1S/C50H31NS2/c1-2-10-36-30-49-46(28-35(36)9-1)45-29-37(20-27-48(45)53-49)32-16-21-38(22-17-32)51(40-25-26-44-43-13-5-6-15-47(43)52-50(44)31-40)39-23-18-34(19-24-39)42-14-7-11-33-8-3-4-12-41(33)42/h1-31H. The summed E-state index contributed by atoms with van der Waals surface area (Å²) in [5.74, 6) is 0. The Bertz CT molecular complexity index is 3160. The zero-order valence-corrected chi connectivity index (χ0v) is 30.3. The molecule has 0 fully saturated rings. The molecule has 53 heavy (non-hydrogen) atoms. The summed E-state index contributed by atoms with van der Waals surface area (Å²) in [5, 5.41) is 10.4. The number of nitrogens with zero attached hydrogens (tertiary/aromatic N) is 1. The monoisotopic (exact) mass is 709 g/mol. The largest absolute Gasteiger partial charge is 0.310 e. The van der Waals surface area contributed by atoms with Crippen molar-refractivity contribution in [2.75, 3.05) is 4.90 Å². The van der Waals surface area contributed by atoms with Gasteiger partial charge >= 0.3 is 0 Å². The van der Waals surface area contributed by atoms with Crippen LogP contribution in [0.5, 0.6) is 0 Å². The highest BCUT2D eigenvalue weighted by Gasteiger charge is 2.16. The van der Waals surface area contributed by atoms with Gasteiger partial charge < -0.3 is 4.90 Å². The van der Waals surface area contributed by atoms with Gasteiger partial charge in [0.25, 0.3) is 0 Å². The maximum absolute atomic E-state index is 2.39. The average Bonchev–Trinajstić information content (AvgIpc) is 3.77. The maximum atomic E-state index is 2.39. The van der Waals surface area contributed by atoms with Crippen LogP contribution >= 0.6 is 22.7 Å². The van der Waals surface area contributed by atoms with Gasteiger partial charge in [-0.3, -0.25) is 0 Å². The van der Waals surface area contributed by atoms with E-state index in [0.29, 0.717) is 0 Å². The summed E-state index contributed by atoms with van der Waals surface area (Å²) >= 11 is 3.74. The van der Waals surface area contributed by atoms with Crippen LogP contribution in [0.4, 0.5) is 17.1 Å². The highest BCUT2D eigenvalue weighted by Crippen LogP contribution is 2.43. The van der Waals surface area contributed by atoms with Crippen molar-refractivity contribution in [1.29, 1.82) is 0 Å². The molecule has 11 rings (SSSR count). The fourth-order valence-corrected chi connectivity index (χ4v) is 10.3. The van der Waals surface area contributed by atoms with E-state index in [-0.39, 0.29) is 0 Å². The second-order valence-electron chi connectivity index (χ2n) is 13.7. The third-order valence-corrected chi connectivity index (χ3v) is 12.9. The first kappa shape index (κ1) is 30.4. The van der Waals surface area contributed by atoms with E-state index < -0.39 is 0 Å². The van der Waals surface area contributed by atoms with Crippen LogP contribution < -0.4 is 4.90 Å². The Hall–Kier alpha value is -6.26. The molecule has 0 N–H and O–H groups in total. The number of hydrogen-bond acceptors (Lipinski definition) is 3. The molecule has 0 saturated heterocycles. The number of anilines is 3. The first-order valence-electron chi connectivity index (χ1n) is 18.0. The summed E-state index contributed by atoms with van der Waals surface area (Å²) in [6.07, 6.45) is 0. The molecule has 9 aromatic carbocycles. The van der Waals surface area contributed by atoms with Gasteiger partial charge in [-0.25, -0.2) is 0 Å². The van der Waals surface area contributed by atoms with E-state index in [1.54, 1.807) is 0 Å². The van der Waals surface area contributed by atoms with Gasteiger partial charge in [0.15, 0.2) is 0 Å². The fraction of sp³-hybridized carbons (Fsp3) is 0. The zero-order valence-electron chi connectivity index (χ0n) is 28.7. The van der Waals surface area contributed by atoms with E-state index in [1.807, 2.05) is 22.7 Å². The Morgan fingerprint density at radius 2 is 0.830 bits per heavy atom. The molecule has 0 bridgehead atoms. The lowest BCUT2D eigenvalue weighted by Gasteiger charge is -2.26. The highest BCUT2D eigenvalue weighted by atomic mass is 32.1. The van der Waals surface area contributed by atoms with E-state index in [2.05, 4.69) is 193 Å². The lowest BCUT2D eigenvalue weighted by molar-refractivity contribution is 1.29. The Morgan fingerprint density at radius 1 is 0.283 bits per heavy atom. The normalized spacial score (nSPS) is 11.8. The van der Waals surface area contributed by atoms with Gasteiger partial charge in [-0.05, 0) is 111 Å². The Labute approximate surface area is 315 Å². The summed E-state index contributed by atoms with van der Waals surface area (Å²) in [7, 11) is 0. The molecule has 248 valence electrons. The molecule has 11 aromatic rings. The van der Waals surface area contributed by atoms with E-state index in [9.17, 15) is 0 Å². The highest BCUT2D eigenvalue weighted by molar-refractivity contribution is 7.26. The van der Waals surface area contributed by atoms with Gasteiger partial charge in [0.2, 0.25) is 0 Å². The third-order valence-electron chi connectivity index (χ3n) is 10.6. The van der Waals surface area contributed by atoms with Gasteiger partial charge in [-0.1, -0.05) is 121 Å². The smallest absolute Gasteiger partial charge is 0.0476 e. The number of benzene rings is 9. The Balaban J connectivity index is 1.01. The van der Waals surface area contributed by atoms with Gasteiger partial charge in [-0.15, -0.1) is 22.7 Å². The summed E-state index contributed by atoms with van der Waals surface area (Å²) < 4.78 is 5.27. The molecule has 0 aliphatic heterocycles. The van der Waals surface area contributed by atoms with Crippen molar-refractivity contribution in [2.24, 2.45) is 0 Å². The van der Waals surface area contributed by atoms with E-state index in [0.717, 1.165) is 17.1 Å². The predicted molar refractivity (Wildman–Crippen MR) is 233 cm³/mol. The quantitative estimate of drug-likeness (QED) is 0.172. The summed E-state index contributed by atoms with van der Waals surface area (Å²) in [5.41, 5.74) is 8.30. The molecule has 2 heterocycles. The first-order valence-corrected chi connectivity index (χ1v) is 19.6. The van der Waals surface area contributed by atoms with Crippen LogP contribution in [0, 0.1) is 0 Å². The summed E-state index contributed by atoms with van der Waals surface area (Å²) in [6.45, 7) is 0. The molecule has 2 aromatic heterocycles. The first-order chi connectivity index (χ1) is 26.2. The number of thiophene rings is 2. The van der Waals surface area contributed by atoms with Crippen LogP contribution in [0.1, 0.15) is 0 Å². The van der Waals surface area contributed by atoms with Crippen LogP contribution in [0.25, 0.3) is 84.1 Å². The molecule has 0 unspecified atom stereocenters. The molecule has 0 aliphatic carbocycles. The molecule has 3 heteroatoms. The average molecular weight is 710 g/mol. The minimum Gasteiger partial charge on any atom is -0.310 e. The lowest BCUT2D eigenvalue weighted by atomic mass is 9.98. The van der Waals surface area contributed by atoms with Crippen LogP contribution in [0.3, 0.4) is 0 Å². The molecule has 1 nitrogen and oxygen atoms in total. The van der Waals surface area contributed by atoms with Crippen LogP contribution in [0.15, 0.2) is 188 Å². The molecule has 0 aliphatic rings. The van der Waals surface area contributed by atoms with E-state index >= 15 is 0 Å².